The molecule has 1 saturated heterocycles. The van der Waals surface area contributed by atoms with E-state index >= 15 is 0 Å². The van der Waals surface area contributed by atoms with Crippen molar-refractivity contribution in [3.8, 4) is 23.0 Å². The minimum absolute atomic E-state index is 0.0170. The van der Waals surface area contributed by atoms with Gasteiger partial charge in [-0.2, -0.15) is 0 Å². The number of carbonyl (C=O) groups excluding carboxylic acids is 2. The number of fused-ring (bicyclic) bond motifs is 7. The van der Waals surface area contributed by atoms with Gasteiger partial charge in [0.05, 0.1) is 63.8 Å². The van der Waals surface area contributed by atoms with Gasteiger partial charge in [-0.1, -0.05) is 11.6 Å². The molecule has 8 rings (SSSR count). The fraction of sp³-hybridized carbons (Fsp3) is 0.425. The van der Waals surface area contributed by atoms with Crippen molar-refractivity contribution in [2.45, 2.75) is 47.3 Å². The smallest absolute Gasteiger partial charge is 0.338 e. The largest absolute Gasteiger partial charge is 0.497 e. The first-order chi connectivity index (χ1) is 29.1. The minimum Gasteiger partial charge on any atom is -0.497 e. The number of sulfonamides is 2. The van der Waals surface area contributed by atoms with E-state index in [2.05, 4.69) is 20.9 Å². The summed E-state index contributed by atoms with van der Waals surface area (Å²) in [6.07, 6.45) is 1.90. The van der Waals surface area contributed by atoms with Gasteiger partial charge in [0, 0.05) is 42.9 Å². The van der Waals surface area contributed by atoms with E-state index in [1.54, 1.807) is 26.4 Å². The summed E-state index contributed by atoms with van der Waals surface area (Å²) in [5, 5.41) is 5.95. The number of aromatic nitrogens is 1. The van der Waals surface area contributed by atoms with Crippen LogP contribution >= 0.6 is 11.6 Å². The lowest BCUT2D eigenvalue weighted by Crippen LogP contribution is -2.58. The molecule has 0 bridgehead atoms. The average Bonchev–Trinajstić information content (AvgIpc) is 3.62. The molecule has 328 valence electrons. The highest BCUT2D eigenvalue weighted by molar-refractivity contribution is 7.90. The third kappa shape index (κ3) is 8.31. The molecule has 4 heterocycles. The molecule has 2 fully saturated rings. The van der Waals surface area contributed by atoms with E-state index in [-0.39, 0.29) is 45.0 Å². The Hall–Kier alpha value is -5.12. The van der Waals surface area contributed by atoms with Gasteiger partial charge < -0.3 is 38.1 Å². The van der Waals surface area contributed by atoms with Gasteiger partial charge in [0.25, 0.3) is 10.0 Å². The van der Waals surface area contributed by atoms with Crippen molar-refractivity contribution in [2.75, 3.05) is 55.7 Å². The number of hydrogen-bond acceptors (Lipinski definition) is 15. The van der Waals surface area contributed by atoms with Gasteiger partial charge in [0.15, 0.2) is 11.5 Å². The van der Waals surface area contributed by atoms with Crippen LogP contribution < -0.4 is 28.8 Å². The Morgan fingerprint density at radius 1 is 0.951 bits per heavy atom. The van der Waals surface area contributed by atoms with E-state index < -0.39 is 49.0 Å². The summed E-state index contributed by atoms with van der Waals surface area (Å²) >= 11 is 5.69. The molecule has 1 aromatic heterocycles. The van der Waals surface area contributed by atoms with Gasteiger partial charge >= 0.3 is 11.9 Å². The number of nitrogens with two attached hydrogens (primary N) is 1. The van der Waals surface area contributed by atoms with Gasteiger partial charge in [-0.15, -0.1) is 0 Å². The number of nitrogens with one attached hydrogen (secondary N) is 2. The van der Waals surface area contributed by atoms with Gasteiger partial charge in [-0.05, 0) is 73.1 Å². The zero-order valence-corrected chi connectivity index (χ0v) is 36.5. The molecule has 3 aliphatic heterocycles. The van der Waals surface area contributed by atoms with Crippen LogP contribution in [0.2, 0.25) is 5.02 Å². The number of esters is 2. The molecule has 61 heavy (non-hydrogen) atoms. The number of piperidine rings is 1. The van der Waals surface area contributed by atoms with Crippen LogP contribution in [-0.4, -0.2) is 113 Å². The third-order valence-corrected chi connectivity index (χ3v) is 14.5. The maximum Gasteiger partial charge on any atom is 0.338 e. The number of methoxy groups -OCH3 is 6. The molecule has 21 heteroatoms. The van der Waals surface area contributed by atoms with Gasteiger partial charge in [-0.3, -0.25) is 14.4 Å². The van der Waals surface area contributed by atoms with Gasteiger partial charge in [0.2, 0.25) is 15.8 Å². The Kier molecular flexibility index (Phi) is 12.5. The monoisotopic (exact) mass is 903 g/mol. The molecule has 0 unspecified atom stereocenters. The van der Waals surface area contributed by atoms with Crippen LogP contribution in [0.4, 0.5) is 5.69 Å². The normalized spacial score (nSPS) is 23.7. The van der Waals surface area contributed by atoms with Crippen molar-refractivity contribution in [1.29, 1.82) is 0 Å². The fourth-order valence-corrected chi connectivity index (χ4v) is 11.2. The van der Waals surface area contributed by atoms with E-state index in [4.69, 9.17) is 49.9 Å². The number of ether oxygens (including phenoxy) is 7. The van der Waals surface area contributed by atoms with Crippen LogP contribution in [0.15, 0.2) is 57.2 Å². The lowest BCUT2D eigenvalue weighted by Gasteiger charge is -2.52. The number of rotatable bonds is 9. The standard InChI is InChI=1S/C33H40N2O9.C7H6ClN3O4S2/c1-38-19-7-8-20-21-9-10-35-16-18-13-27(44-32(36)17-11-25(39-2)30(41-4)26(12-17)40-3)31(42-5)28(33(37)43-6)22(18)15-24(35)29(21)34-23(20)14-19;8-4-1-5-7(2-6(4)16(9,12)13)17(14,15)11-3-10-5/h7-8,11-12,14,18,22,24,27-28,31,34H,9-10,13,15-16H2,1-6H3;1-3H,(H,10,11)(H2,9,12,13)/t18-,22+,24-,27-,28+,31+;/m1./s1. The lowest BCUT2D eigenvalue weighted by molar-refractivity contribution is -0.176. The van der Waals surface area contributed by atoms with Crippen LogP contribution in [0, 0.1) is 17.8 Å². The number of nitrogens with zero attached hydrogens (tertiary/aromatic N) is 2. The third-order valence-electron chi connectivity index (χ3n) is 11.8. The summed E-state index contributed by atoms with van der Waals surface area (Å²) in [5.41, 5.74) is 3.88. The average molecular weight is 904 g/mol. The van der Waals surface area contributed by atoms with Crippen LogP contribution in [0.3, 0.4) is 0 Å². The quantitative estimate of drug-likeness (QED) is 0.201. The number of aliphatic imine (C=N–C) groups is 1. The van der Waals surface area contributed by atoms with Crippen LogP contribution in [-0.2, 0) is 45.5 Å². The highest BCUT2D eigenvalue weighted by Gasteiger charge is 2.54. The first kappa shape index (κ1) is 44.0. The van der Waals surface area contributed by atoms with Crippen molar-refractivity contribution >= 4 is 66.5 Å². The van der Waals surface area contributed by atoms with Crippen LogP contribution in [0.1, 0.15) is 40.5 Å². The van der Waals surface area contributed by atoms with E-state index in [0.29, 0.717) is 23.7 Å². The lowest BCUT2D eigenvalue weighted by atomic mass is 9.63. The number of H-pyrrole nitrogens is 1. The Labute approximate surface area is 357 Å². The van der Waals surface area contributed by atoms with E-state index in [9.17, 15) is 26.4 Å². The fourth-order valence-electron chi connectivity index (χ4n) is 9.05. The zero-order valence-electron chi connectivity index (χ0n) is 34.1. The molecular formula is C40H46ClN5O13S2. The molecule has 4 N–H and O–H groups in total. The molecule has 0 radical (unpaired) electrons. The summed E-state index contributed by atoms with van der Waals surface area (Å²) in [6.45, 7) is 1.68. The van der Waals surface area contributed by atoms with E-state index in [1.807, 2.05) is 16.9 Å². The van der Waals surface area contributed by atoms with Crippen molar-refractivity contribution in [2.24, 2.45) is 27.9 Å². The zero-order chi connectivity index (χ0) is 44.0. The van der Waals surface area contributed by atoms with Gasteiger partial charge in [-0.25, -0.2) is 31.8 Å². The van der Waals surface area contributed by atoms with E-state index in [0.717, 1.165) is 55.7 Å². The maximum atomic E-state index is 13.5. The second-order valence-electron chi connectivity index (χ2n) is 14.9. The van der Waals surface area contributed by atoms with Crippen LogP contribution in [0.25, 0.3) is 10.9 Å². The molecule has 0 amide bonds. The van der Waals surface area contributed by atoms with Crippen LogP contribution in [0.5, 0.6) is 23.0 Å². The molecule has 1 saturated carbocycles. The Morgan fingerprint density at radius 3 is 2.30 bits per heavy atom. The highest BCUT2D eigenvalue weighted by atomic mass is 35.5. The topological polar surface area (TPSA) is 236 Å². The van der Waals surface area contributed by atoms with Crippen molar-refractivity contribution < 1.29 is 59.6 Å². The number of carbonyl (C=O) groups is 2. The van der Waals surface area contributed by atoms with Gasteiger partial charge in [0.1, 0.15) is 34.1 Å². The predicted octanol–water partition coefficient (Wildman–Crippen LogP) is 4.11. The van der Waals surface area contributed by atoms with Crippen molar-refractivity contribution in [3.05, 3.63) is 64.3 Å². The molecule has 6 atom stereocenters. The first-order valence-electron chi connectivity index (χ1n) is 19.0. The number of primary sulfonamides is 1. The number of hydrogen-bond donors (Lipinski definition) is 3. The summed E-state index contributed by atoms with van der Waals surface area (Å²) in [5.74, 6) is 0.441. The highest BCUT2D eigenvalue weighted by Crippen LogP contribution is 2.51. The Bertz CT molecular complexity index is 2590. The second-order valence-corrected chi connectivity index (χ2v) is 18.5. The Balaban J connectivity index is 0.000000276. The maximum absolute atomic E-state index is 13.5. The molecular weight excluding hydrogens is 858 g/mol. The van der Waals surface area contributed by atoms with Crippen molar-refractivity contribution in [3.63, 3.8) is 0 Å². The summed E-state index contributed by atoms with van der Waals surface area (Å²) in [4.78, 5) is 36.1. The Morgan fingerprint density at radius 2 is 1.67 bits per heavy atom. The number of benzene rings is 3. The second kappa shape index (κ2) is 17.3. The van der Waals surface area contributed by atoms with E-state index in [1.165, 1.54) is 45.1 Å². The summed E-state index contributed by atoms with van der Waals surface area (Å²) in [6, 6.07) is 11.4. The molecule has 1 aliphatic carbocycles. The summed E-state index contributed by atoms with van der Waals surface area (Å²) in [7, 11) is 1.19. The molecule has 3 aromatic carbocycles. The SMILES string of the molecule is COC(=O)[C@H]1[C@H]2C[C@@H]3c4[nH]c5cc(OC)ccc5c4CCN3C[C@H]2C[C@@H](OC(=O)c2cc(OC)c(OC)c(OC)c2)[C@@H]1OC.NS(=O)(=O)c1cc2c(cc1Cl)N=CNS2(=O)=O. The molecule has 18 nitrogen and oxygen atoms in total. The first-order valence-corrected chi connectivity index (χ1v) is 22.4. The summed E-state index contributed by atoms with van der Waals surface area (Å²) < 4.78 is 86.7. The molecule has 4 aromatic rings. The molecule has 4 aliphatic rings. The predicted molar refractivity (Wildman–Crippen MR) is 222 cm³/mol. The number of aromatic amines is 1. The minimum atomic E-state index is -4.09. The molecule has 0 spiro atoms. The van der Waals surface area contributed by atoms with Crippen molar-refractivity contribution in [1.82, 2.24) is 14.6 Å². The number of halogens is 1.